The third kappa shape index (κ3) is 3.05. The molecule has 1 fully saturated rings. The van der Waals surface area contributed by atoms with Crippen LogP contribution in [0.1, 0.15) is 29.4 Å². The molecule has 1 atom stereocenters. The van der Waals surface area contributed by atoms with E-state index in [0.29, 0.717) is 23.7 Å². The highest BCUT2D eigenvalue weighted by Gasteiger charge is 2.32. The monoisotopic (exact) mass is 424 g/mol. The topological polar surface area (TPSA) is 116 Å². The van der Waals surface area contributed by atoms with E-state index in [-0.39, 0.29) is 23.4 Å². The summed E-state index contributed by atoms with van der Waals surface area (Å²) in [6.07, 6.45) is 2.19. The molecular weight excluding hydrogens is 404 g/mol. The van der Waals surface area contributed by atoms with E-state index < -0.39 is 14.8 Å². The lowest BCUT2D eigenvalue weighted by molar-refractivity contribution is -0.389. The minimum Gasteiger partial charge on any atom is -0.358 e. The number of sulfone groups is 1. The van der Waals surface area contributed by atoms with E-state index in [1.165, 1.54) is 15.7 Å². The largest absolute Gasteiger partial charge is 0.373 e. The number of thiazole rings is 1. The smallest absolute Gasteiger partial charge is 0.358 e. The van der Waals surface area contributed by atoms with Gasteiger partial charge in [0.1, 0.15) is 6.20 Å². The Bertz CT molecular complexity index is 1180. The number of nitro groups is 1. The van der Waals surface area contributed by atoms with Crippen molar-refractivity contribution in [2.75, 3.05) is 23.5 Å². The molecule has 0 N–H and O–H groups in total. The second-order valence-corrected chi connectivity index (χ2v) is 10.2. The quantitative estimate of drug-likeness (QED) is 0.455. The third-order valence-electron chi connectivity index (χ3n) is 5.18. The molecule has 10 nitrogen and oxygen atoms in total. The van der Waals surface area contributed by atoms with Crippen LogP contribution in [0.5, 0.6) is 0 Å². The molecule has 1 aliphatic heterocycles. The van der Waals surface area contributed by atoms with Gasteiger partial charge in [0.25, 0.3) is 4.96 Å². The molecule has 3 aromatic heterocycles. The summed E-state index contributed by atoms with van der Waals surface area (Å²) in [7, 11) is -1.25. The van der Waals surface area contributed by atoms with Crippen LogP contribution in [0.15, 0.2) is 11.6 Å². The number of anilines is 1. The number of rotatable bonds is 5. The van der Waals surface area contributed by atoms with Crippen molar-refractivity contribution in [3.05, 3.63) is 38.6 Å². The molecule has 0 radical (unpaired) electrons. The lowest BCUT2D eigenvalue weighted by atomic mass is 10.1. The van der Waals surface area contributed by atoms with E-state index >= 15 is 0 Å². The Hall–Kier alpha value is -2.47. The van der Waals surface area contributed by atoms with Crippen molar-refractivity contribution in [2.45, 2.75) is 32.9 Å². The Morgan fingerprint density at radius 2 is 2.18 bits per heavy atom. The first-order valence-corrected chi connectivity index (χ1v) is 11.4. The van der Waals surface area contributed by atoms with Gasteiger partial charge in [0, 0.05) is 30.2 Å². The average molecular weight is 425 g/mol. The lowest BCUT2D eigenvalue weighted by Crippen LogP contribution is -2.19. The van der Waals surface area contributed by atoms with Crippen LogP contribution in [0.25, 0.3) is 4.96 Å². The number of hydrogen-bond donors (Lipinski definition) is 0. The molecule has 0 aromatic carbocycles. The number of fused-ring (bicyclic) bond motifs is 1. The Labute approximate surface area is 165 Å². The molecule has 0 amide bonds. The Kier molecular flexibility index (Phi) is 4.42. The summed E-state index contributed by atoms with van der Waals surface area (Å²) >= 11 is 1.34. The highest BCUT2D eigenvalue weighted by molar-refractivity contribution is 7.91. The zero-order chi connectivity index (χ0) is 20.2. The fraction of sp³-hybridized carbons (Fsp3) is 0.500. The highest BCUT2D eigenvalue weighted by atomic mass is 32.2. The molecule has 3 aromatic rings. The van der Waals surface area contributed by atoms with Crippen LogP contribution in [0.2, 0.25) is 0 Å². The number of aromatic nitrogens is 4. The van der Waals surface area contributed by atoms with Crippen molar-refractivity contribution in [3.8, 4) is 0 Å². The minimum atomic E-state index is -3.01. The van der Waals surface area contributed by atoms with E-state index in [2.05, 4.69) is 10.1 Å². The van der Waals surface area contributed by atoms with Gasteiger partial charge in [-0.3, -0.25) is 4.68 Å². The number of imidazole rings is 1. The van der Waals surface area contributed by atoms with Gasteiger partial charge >= 0.3 is 5.82 Å². The van der Waals surface area contributed by atoms with Crippen LogP contribution in [0.4, 0.5) is 11.6 Å². The summed E-state index contributed by atoms with van der Waals surface area (Å²) in [6.45, 7) is 4.17. The van der Waals surface area contributed by atoms with Gasteiger partial charge in [0.15, 0.2) is 9.84 Å². The van der Waals surface area contributed by atoms with Crippen LogP contribution < -0.4 is 4.90 Å². The Morgan fingerprint density at radius 1 is 1.43 bits per heavy atom. The molecular formula is C16H20N6O4S2. The minimum absolute atomic E-state index is 0.0664. The summed E-state index contributed by atoms with van der Waals surface area (Å²) in [6, 6.07) is -0.157. The van der Waals surface area contributed by atoms with Gasteiger partial charge in [-0.2, -0.15) is 14.5 Å². The van der Waals surface area contributed by atoms with Gasteiger partial charge in [-0.05, 0) is 25.2 Å². The van der Waals surface area contributed by atoms with E-state index in [0.717, 1.165) is 17.0 Å². The number of nitrogens with zero attached hydrogens (tertiary/aromatic N) is 6. The SMILES string of the molecule is Cc1nn(C2CCS(=O)(=O)C2)c(C)c1CN(C)c1nc2sccn2c1[N+](=O)[O-]. The molecule has 0 bridgehead atoms. The van der Waals surface area contributed by atoms with Crippen molar-refractivity contribution in [3.63, 3.8) is 0 Å². The molecule has 1 aliphatic rings. The molecule has 4 heterocycles. The van der Waals surface area contributed by atoms with Crippen LogP contribution in [0, 0.1) is 24.0 Å². The molecule has 12 heteroatoms. The zero-order valence-electron chi connectivity index (χ0n) is 15.7. The summed E-state index contributed by atoms with van der Waals surface area (Å²) in [4.78, 5) is 17.9. The first-order valence-electron chi connectivity index (χ1n) is 8.74. The van der Waals surface area contributed by atoms with Gasteiger partial charge in [-0.25, -0.2) is 8.42 Å². The maximum Gasteiger partial charge on any atom is 0.373 e. The van der Waals surface area contributed by atoms with Crippen LogP contribution in [-0.4, -0.2) is 51.1 Å². The Balaban J connectivity index is 1.66. The second kappa shape index (κ2) is 6.55. The predicted octanol–water partition coefficient (Wildman–Crippen LogP) is 2.11. The molecule has 4 rings (SSSR count). The van der Waals surface area contributed by atoms with Crippen molar-refractivity contribution in [2.24, 2.45) is 0 Å². The molecule has 0 aliphatic carbocycles. The zero-order valence-corrected chi connectivity index (χ0v) is 17.3. The van der Waals surface area contributed by atoms with Crippen molar-refractivity contribution >= 4 is 37.8 Å². The normalized spacial score (nSPS) is 18.8. The number of hydrogen-bond acceptors (Lipinski definition) is 8. The maximum atomic E-state index is 11.8. The summed E-state index contributed by atoms with van der Waals surface area (Å²) < 4.78 is 26.9. The summed E-state index contributed by atoms with van der Waals surface area (Å²) in [5, 5.41) is 17.9. The molecule has 28 heavy (non-hydrogen) atoms. The van der Waals surface area contributed by atoms with Crippen molar-refractivity contribution in [1.29, 1.82) is 0 Å². The Morgan fingerprint density at radius 3 is 2.82 bits per heavy atom. The predicted molar refractivity (Wildman–Crippen MR) is 106 cm³/mol. The van der Waals surface area contributed by atoms with Crippen LogP contribution >= 0.6 is 11.3 Å². The second-order valence-electron chi connectivity index (χ2n) is 7.08. The highest BCUT2D eigenvalue weighted by Crippen LogP contribution is 2.32. The molecule has 1 unspecified atom stereocenters. The van der Waals surface area contributed by atoms with E-state index in [9.17, 15) is 18.5 Å². The van der Waals surface area contributed by atoms with Gasteiger partial charge in [0.05, 0.1) is 23.2 Å². The maximum absolute atomic E-state index is 11.8. The standard InChI is InChI=1S/C16H20N6O4S2/c1-10-13(11(2)21(18-10)12-4-7-28(25,26)9-12)8-19(3)14-15(22(23)24)20-5-6-27-16(20)17-14/h5-6,12H,4,7-9H2,1-3H3. The van der Waals surface area contributed by atoms with Crippen molar-refractivity contribution < 1.29 is 13.3 Å². The first-order chi connectivity index (χ1) is 13.2. The van der Waals surface area contributed by atoms with Gasteiger partial charge in [0.2, 0.25) is 5.82 Å². The summed E-state index contributed by atoms with van der Waals surface area (Å²) in [5.74, 6) is 0.519. The lowest BCUT2D eigenvalue weighted by Gasteiger charge is -2.17. The summed E-state index contributed by atoms with van der Waals surface area (Å²) in [5.41, 5.74) is 2.60. The van der Waals surface area contributed by atoms with Gasteiger partial charge in [-0.1, -0.05) is 11.3 Å². The van der Waals surface area contributed by atoms with E-state index in [1.807, 2.05) is 13.8 Å². The molecule has 0 saturated carbocycles. The third-order valence-corrected chi connectivity index (χ3v) is 7.69. The van der Waals surface area contributed by atoms with Crippen LogP contribution in [0.3, 0.4) is 0 Å². The van der Waals surface area contributed by atoms with Gasteiger partial charge in [-0.15, -0.1) is 0 Å². The first kappa shape index (κ1) is 18.9. The molecule has 0 spiro atoms. The van der Waals surface area contributed by atoms with Crippen LogP contribution in [-0.2, 0) is 16.4 Å². The molecule has 1 saturated heterocycles. The van der Waals surface area contributed by atoms with Crippen molar-refractivity contribution in [1.82, 2.24) is 19.2 Å². The average Bonchev–Trinajstić information content (AvgIpc) is 3.33. The fourth-order valence-corrected chi connectivity index (χ4v) is 6.15. The van der Waals surface area contributed by atoms with E-state index in [4.69, 9.17) is 0 Å². The molecule has 150 valence electrons. The fourth-order valence-electron chi connectivity index (χ4n) is 3.75. The number of aryl methyl sites for hydroxylation is 1. The van der Waals surface area contributed by atoms with E-state index in [1.54, 1.807) is 28.2 Å². The van der Waals surface area contributed by atoms with Gasteiger partial charge < -0.3 is 15.0 Å².